The molecule has 0 spiro atoms. The van der Waals surface area contributed by atoms with Crippen molar-refractivity contribution in [2.24, 2.45) is 0 Å². The van der Waals surface area contributed by atoms with Crippen molar-refractivity contribution in [3.8, 4) is 11.5 Å². The number of nitrogens with one attached hydrogen (secondary N) is 1. The Morgan fingerprint density at radius 2 is 2.17 bits per heavy atom. The molecule has 4 heteroatoms. The molecule has 1 aromatic carbocycles. The fourth-order valence-electron chi connectivity index (χ4n) is 2.91. The fraction of sp³-hybridized carbons (Fsp3) is 0.571. The predicted octanol–water partition coefficient (Wildman–Crippen LogP) is 2.75. The van der Waals surface area contributed by atoms with Gasteiger partial charge in [0.2, 0.25) is 0 Å². The molecular formula is C14H18ClNO2. The van der Waals surface area contributed by atoms with E-state index in [-0.39, 0.29) is 0 Å². The smallest absolute Gasteiger partial charge is 0.165 e. The first kappa shape index (κ1) is 12.1. The molecule has 1 saturated heterocycles. The number of halogens is 1. The molecule has 3 nitrogen and oxygen atoms in total. The third-order valence-corrected chi connectivity index (χ3v) is 4.35. The number of hydrogen-bond donors (Lipinski definition) is 1. The van der Waals surface area contributed by atoms with Gasteiger partial charge in [-0.2, -0.15) is 0 Å². The Balaban J connectivity index is 2.03. The number of hydrogen-bond acceptors (Lipinski definition) is 3. The lowest BCUT2D eigenvalue weighted by Gasteiger charge is -2.25. The molecule has 0 unspecified atom stereocenters. The summed E-state index contributed by atoms with van der Waals surface area (Å²) in [5.74, 6) is 2.22. The average molecular weight is 268 g/mol. The average Bonchev–Trinajstić information content (AvgIpc) is 2.90. The lowest BCUT2D eigenvalue weighted by Crippen LogP contribution is -2.26. The summed E-state index contributed by atoms with van der Waals surface area (Å²) in [4.78, 5) is 0. The van der Waals surface area contributed by atoms with Crippen molar-refractivity contribution >= 4 is 11.6 Å². The topological polar surface area (TPSA) is 30.5 Å². The maximum Gasteiger partial charge on any atom is 0.165 e. The van der Waals surface area contributed by atoms with E-state index in [4.69, 9.17) is 21.1 Å². The Morgan fingerprint density at radius 1 is 1.39 bits per heavy atom. The van der Waals surface area contributed by atoms with Crippen molar-refractivity contribution in [3.05, 3.63) is 22.2 Å². The Morgan fingerprint density at radius 3 is 2.89 bits per heavy atom. The number of ether oxygens (including phenoxy) is 2. The normalized spacial score (nSPS) is 19.4. The zero-order valence-corrected chi connectivity index (χ0v) is 11.3. The number of methoxy groups -OCH3 is 1. The van der Waals surface area contributed by atoms with Gasteiger partial charge in [-0.05, 0) is 43.5 Å². The van der Waals surface area contributed by atoms with E-state index in [0.717, 1.165) is 54.4 Å². The number of piperidine rings is 1. The molecule has 2 aliphatic heterocycles. The van der Waals surface area contributed by atoms with Crippen molar-refractivity contribution in [2.45, 2.75) is 25.2 Å². The molecule has 0 amide bonds. The SMILES string of the molecule is COc1cc(C2CCNCC2)c(Cl)c2c1OCC2. The first-order chi connectivity index (χ1) is 8.81. The minimum absolute atomic E-state index is 0.540. The molecule has 3 rings (SSSR count). The van der Waals surface area contributed by atoms with E-state index in [1.54, 1.807) is 7.11 Å². The highest BCUT2D eigenvalue weighted by molar-refractivity contribution is 6.32. The van der Waals surface area contributed by atoms with Gasteiger partial charge in [0.05, 0.1) is 18.7 Å². The lowest BCUT2D eigenvalue weighted by molar-refractivity contribution is 0.325. The number of rotatable bonds is 2. The summed E-state index contributed by atoms with van der Waals surface area (Å²) in [5.41, 5.74) is 2.36. The van der Waals surface area contributed by atoms with E-state index in [9.17, 15) is 0 Å². The number of fused-ring (bicyclic) bond motifs is 1. The summed E-state index contributed by atoms with van der Waals surface area (Å²) in [7, 11) is 1.69. The molecule has 1 N–H and O–H groups in total. The van der Waals surface area contributed by atoms with Crippen molar-refractivity contribution in [1.82, 2.24) is 5.32 Å². The first-order valence-electron chi connectivity index (χ1n) is 6.54. The second-order valence-electron chi connectivity index (χ2n) is 4.91. The highest BCUT2D eigenvalue weighted by Crippen LogP contribution is 2.45. The van der Waals surface area contributed by atoms with Crippen molar-refractivity contribution in [1.29, 1.82) is 0 Å². The van der Waals surface area contributed by atoms with Crippen LogP contribution in [0.1, 0.15) is 29.9 Å². The van der Waals surface area contributed by atoms with Crippen LogP contribution < -0.4 is 14.8 Å². The van der Waals surface area contributed by atoms with Gasteiger partial charge in [0.25, 0.3) is 0 Å². The fourth-order valence-corrected chi connectivity index (χ4v) is 3.30. The molecule has 0 aliphatic carbocycles. The molecule has 0 atom stereocenters. The van der Waals surface area contributed by atoms with Gasteiger partial charge in [0.1, 0.15) is 0 Å². The summed E-state index contributed by atoms with van der Waals surface area (Å²) in [6.45, 7) is 2.84. The molecule has 1 fully saturated rings. The third kappa shape index (κ3) is 1.95. The van der Waals surface area contributed by atoms with Crippen LogP contribution in [0, 0.1) is 0 Å². The zero-order valence-electron chi connectivity index (χ0n) is 10.6. The van der Waals surface area contributed by atoms with Gasteiger partial charge in [-0.1, -0.05) is 11.6 Å². The lowest BCUT2D eigenvalue weighted by atomic mass is 9.88. The van der Waals surface area contributed by atoms with Crippen LogP contribution in [-0.4, -0.2) is 26.8 Å². The second-order valence-corrected chi connectivity index (χ2v) is 5.29. The molecule has 0 bridgehead atoms. The van der Waals surface area contributed by atoms with Gasteiger partial charge < -0.3 is 14.8 Å². The second kappa shape index (κ2) is 4.98. The summed E-state index contributed by atoms with van der Waals surface area (Å²) in [6, 6.07) is 2.07. The summed E-state index contributed by atoms with van der Waals surface area (Å²) < 4.78 is 11.1. The van der Waals surface area contributed by atoms with E-state index in [0.29, 0.717) is 12.5 Å². The molecule has 0 aromatic heterocycles. The van der Waals surface area contributed by atoms with E-state index in [1.165, 1.54) is 5.56 Å². The first-order valence-corrected chi connectivity index (χ1v) is 6.92. The monoisotopic (exact) mass is 267 g/mol. The molecule has 18 heavy (non-hydrogen) atoms. The van der Waals surface area contributed by atoms with Crippen LogP contribution in [0.3, 0.4) is 0 Å². The maximum atomic E-state index is 6.56. The highest BCUT2D eigenvalue weighted by atomic mass is 35.5. The summed E-state index contributed by atoms with van der Waals surface area (Å²) in [6.07, 6.45) is 3.17. The molecule has 1 aromatic rings. The minimum atomic E-state index is 0.540. The standard InChI is InChI=1S/C14H18ClNO2/c1-17-12-8-11(9-2-5-16-6-3-9)13(15)10-4-7-18-14(10)12/h8-9,16H,2-7H2,1H3. The Bertz CT molecular complexity index is 456. The minimum Gasteiger partial charge on any atom is -0.493 e. The quantitative estimate of drug-likeness (QED) is 0.894. The van der Waals surface area contributed by atoms with E-state index >= 15 is 0 Å². The van der Waals surface area contributed by atoms with Crippen LogP contribution in [0.25, 0.3) is 0 Å². The van der Waals surface area contributed by atoms with Gasteiger partial charge in [-0.3, -0.25) is 0 Å². The Kier molecular flexibility index (Phi) is 3.35. The third-order valence-electron chi connectivity index (χ3n) is 3.90. The van der Waals surface area contributed by atoms with Gasteiger partial charge >= 0.3 is 0 Å². The van der Waals surface area contributed by atoms with Crippen LogP contribution in [0.5, 0.6) is 11.5 Å². The van der Waals surface area contributed by atoms with Gasteiger partial charge in [0, 0.05) is 12.0 Å². The molecule has 0 saturated carbocycles. The van der Waals surface area contributed by atoms with Crippen molar-refractivity contribution < 1.29 is 9.47 Å². The molecule has 2 aliphatic rings. The molecule has 0 radical (unpaired) electrons. The zero-order chi connectivity index (χ0) is 12.5. The van der Waals surface area contributed by atoms with Crippen LogP contribution in [-0.2, 0) is 6.42 Å². The van der Waals surface area contributed by atoms with E-state index in [2.05, 4.69) is 11.4 Å². The van der Waals surface area contributed by atoms with Crippen LogP contribution in [0.2, 0.25) is 5.02 Å². The van der Waals surface area contributed by atoms with E-state index < -0.39 is 0 Å². The Labute approximate surface area is 112 Å². The van der Waals surface area contributed by atoms with Crippen LogP contribution in [0.4, 0.5) is 0 Å². The van der Waals surface area contributed by atoms with E-state index in [1.807, 2.05) is 0 Å². The maximum absolute atomic E-state index is 6.56. The molecule has 98 valence electrons. The molecule has 2 heterocycles. The number of benzene rings is 1. The summed E-state index contributed by atoms with van der Waals surface area (Å²) in [5, 5.41) is 4.28. The van der Waals surface area contributed by atoms with Crippen LogP contribution >= 0.6 is 11.6 Å². The largest absolute Gasteiger partial charge is 0.493 e. The van der Waals surface area contributed by atoms with Crippen molar-refractivity contribution in [2.75, 3.05) is 26.8 Å². The summed E-state index contributed by atoms with van der Waals surface area (Å²) >= 11 is 6.56. The molecular weight excluding hydrogens is 250 g/mol. The van der Waals surface area contributed by atoms with Gasteiger partial charge in [-0.15, -0.1) is 0 Å². The predicted molar refractivity (Wildman–Crippen MR) is 72.0 cm³/mol. The van der Waals surface area contributed by atoms with Gasteiger partial charge in [0.15, 0.2) is 11.5 Å². The highest BCUT2D eigenvalue weighted by Gasteiger charge is 2.27. The van der Waals surface area contributed by atoms with Crippen LogP contribution in [0.15, 0.2) is 6.07 Å². The Hall–Kier alpha value is -0.930. The van der Waals surface area contributed by atoms with Gasteiger partial charge in [-0.25, -0.2) is 0 Å². The van der Waals surface area contributed by atoms with Crippen molar-refractivity contribution in [3.63, 3.8) is 0 Å².